The topological polar surface area (TPSA) is 98.5 Å². The van der Waals surface area contributed by atoms with E-state index in [1.54, 1.807) is 0 Å². The van der Waals surface area contributed by atoms with Crippen molar-refractivity contribution < 1.29 is 19.2 Å². The van der Waals surface area contributed by atoms with Gasteiger partial charge in [-0.2, -0.15) is 0 Å². The monoisotopic (exact) mass is 354 g/mol. The highest BCUT2D eigenvalue weighted by Crippen LogP contribution is 2.30. The number of rotatable bonds is 4. The Hall–Kier alpha value is -3.22. The fraction of sp³-hybridized carbons (Fsp3) is 0.263. The van der Waals surface area contributed by atoms with E-state index >= 15 is 0 Å². The van der Waals surface area contributed by atoms with Gasteiger partial charge >= 0.3 is 5.97 Å². The maximum Gasteiger partial charge on any atom is 0.338 e. The standard InChI is InChI=1S/C19H18N2O5/c1-26-19(23)14-9-13(10-15(11-14)21(24)25)18(22)20-17-8-4-6-12-5-2-3-7-16(12)17/h2-3,5,7,9-11,17H,4,6,8H2,1H3,(H,20,22)/t17-/m0/s1. The summed E-state index contributed by atoms with van der Waals surface area (Å²) in [5.74, 6) is -1.19. The Morgan fingerprint density at radius 3 is 2.65 bits per heavy atom. The lowest BCUT2D eigenvalue weighted by molar-refractivity contribution is -0.384. The molecule has 0 aromatic heterocycles. The molecule has 7 heteroatoms. The Morgan fingerprint density at radius 2 is 1.92 bits per heavy atom. The average Bonchev–Trinajstić information content (AvgIpc) is 2.67. The third-order valence-corrected chi connectivity index (χ3v) is 4.49. The van der Waals surface area contributed by atoms with Crippen LogP contribution in [-0.4, -0.2) is 23.9 Å². The average molecular weight is 354 g/mol. The summed E-state index contributed by atoms with van der Waals surface area (Å²) in [4.78, 5) is 34.9. The van der Waals surface area contributed by atoms with Crippen molar-refractivity contribution in [3.05, 3.63) is 74.8 Å². The number of aryl methyl sites for hydroxylation is 1. The molecule has 1 atom stereocenters. The maximum atomic E-state index is 12.7. The molecule has 0 spiro atoms. The van der Waals surface area contributed by atoms with Crippen LogP contribution in [0.4, 0.5) is 5.69 Å². The summed E-state index contributed by atoms with van der Waals surface area (Å²) >= 11 is 0. The minimum absolute atomic E-state index is 0.0316. The number of nitrogens with zero attached hydrogens (tertiary/aromatic N) is 1. The third kappa shape index (κ3) is 3.56. The lowest BCUT2D eigenvalue weighted by Gasteiger charge is -2.26. The van der Waals surface area contributed by atoms with Crippen LogP contribution in [-0.2, 0) is 11.2 Å². The number of benzene rings is 2. The molecule has 26 heavy (non-hydrogen) atoms. The van der Waals surface area contributed by atoms with Crippen LogP contribution in [0.1, 0.15) is 50.7 Å². The first-order chi connectivity index (χ1) is 12.5. The molecule has 0 unspecified atom stereocenters. The highest BCUT2D eigenvalue weighted by molar-refractivity contribution is 5.99. The summed E-state index contributed by atoms with van der Waals surface area (Å²) in [5.41, 5.74) is 1.95. The molecule has 0 heterocycles. The van der Waals surface area contributed by atoms with Crippen molar-refractivity contribution in [2.45, 2.75) is 25.3 Å². The van der Waals surface area contributed by atoms with E-state index in [1.807, 2.05) is 24.3 Å². The Morgan fingerprint density at radius 1 is 1.19 bits per heavy atom. The molecule has 0 bridgehead atoms. The van der Waals surface area contributed by atoms with Gasteiger partial charge in [0.25, 0.3) is 11.6 Å². The van der Waals surface area contributed by atoms with Gasteiger partial charge in [0.05, 0.1) is 23.6 Å². The van der Waals surface area contributed by atoms with E-state index in [0.717, 1.165) is 37.0 Å². The molecule has 1 aliphatic carbocycles. The minimum Gasteiger partial charge on any atom is -0.465 e. The highest BCUT2D eigenvalue weighted by atomic mass is 16.6. The van der Waals surface area contributed by atoms with E-state index in [2.05, 4.69) is 10.1 Å². The third-order valence-electron chi connectivity index (χ3n) is 4.49. The summed E-state index contributed by atoms with van der Waals surface area (Å²) in [6.45, 7) is 0. The smallest absolute Gasteiger partial charge is 0.338 e. The number of non-ortho nitro benzene ring substituents is 1. The van der Waals surface area contributed by atoms with E-state index < -0.39 is 16.8 Å². The largest absolute Gasteiger partial charge is 0.465 e. The Kier molecular flexibility index (Phi) is 4.97. The second-order valence-electron chi connectivity index (χ2n) is 6.13. The van der Waals surface area contributed by atoms with Crippen LogP contribution in [0.15, 0.2) is 42.5 Å². The molecule has 0 saturated heterocycles. The molecule has 1 aliphatic rings. The molecule has 7 nitrogen and oxygen atoms in total. The Labute approximate surface area is 150 Å². The molecular weight excluding hydrogens is 336 g/mol. The highest BCUT2D eigenvalue weighted by Gasteiger charge is 2.24. The quantitative estimate of drug-likeness (QED) is 0.516. The number of esters is 1. The second-order valence-corrected chi connectivity index (χ2v) is 6.13. The SMILES string of the molecule is COC(=O)c1cc(C(=O)N[C@H]2CCCc3ccccc32)cc([N+](=O)[O-])c1. The van der Waals surface area contributed by atoms with Crippen LogP contribution in [0.3, 0.4) is 0 Å². The normalized spacial score (nSPS) is 15.7. The summed E-state index contributed by atoms with van der Waals surface area (Å²) in [7, 11) is 1.18. The fourth-order valence-corrected chi connectivity index (χ4v) is 3.23. The number of methoxy groups -OCH3 is 1. The van der Waals surface area contributed by atoms with Crippen LogP contribution >= 0.6 is 0 Å². The van der Waals surface area contributed by atoms with Crippen molar-refractivity contribution in [1.29, 1.82) is 0 Å². The first-order valence-electron chi connectivity index (χ1n) is 8.26. The minimum atomic E-state index is -0.731. The molecule has 1 N–H and O–H groups in total. The molecule has 3 rings (SSSR count). The number of carbonyl (C=O) groups is 2. The lowest BCUT2D eigenvalue weighted by atomic mass is 9.87. The van der Waals surface area contributed by atoms with Gasteiger partial charge in [-0.15, -0.1) is 0 Å². The first kappa shape index (κ1) is 17.6. The molecule has 2 aromatic carbocycles. The summed E-state index contributed by atoms with van der Waals surface area (Å²) < 4.78 is 4.61. The molecule has 1 amide bonds. The zero-order valence-electron chi connectivity index (χ0n) is 14.2. The van der Waals surface area contributed by atoms with Crippen molar-refractivity contribution in [3.8, 4) is 0 Å². The number of nitro benzene ring substituents is 1. The van der Waals surface area contributed by atoms with Gasteiger partial charge in [-0.05, 0) is 36.5 Å². The number of nitro groups is 1. The number of amides is 1. The van der Waals surface area contributed by atoms with E-state index in [0.29, 0.717) is 0 Å². The predicted molar refractivity (Wildman–Crippen MR) is 94.0 cm³/mol. The fourth-order valence-electron chi connectivity index (χ4n) is 3.23. The van der Waals surface area contributed by atoms with E-state index in [9.17, 15) is 19.7 Å². The van der Waals surface area contributed by atoms with E-state index in [1.165, 1.54) is 18.7 Å². The van der Waals surface area contributed by atoms with Gasteiger partial charge in [0, 0.05) is 17.7 Å². The number of nitrogens with one attached hydrogen (secondary N) is 1. The summed E-state index contributed by atoms with van der Waals surface area (Å²) in [6, 6.07) is 11.3. The van der Waals surface area contributed by atoms with Gasteiger partial charge in [0.15, 0.2) is 0 Å². The van der Waals surface area contributed by atoms with Crippen molar-refractivity contribution in [3.63, 3.8) is 0 Å². The van der Waals surface area contributed by atoms with E-state index in [4.69, 9.17) is 0 Å². The van der Waals surface area contributed by atoms with Crippen molar-refractivity contribution in [1.82, 2.24) is 5.32 Å². The molecule has 0 saturated carbocycles. The van der Waals surface area contributed by atoms with Crippen LogP contribution in [0, 0.1) is 10.1 Å². The number of carbonyl (C=O) groups excluding carboxylic acids is 2. The van der Waals surface area contributed by atoms with E-state index in [-0.39, 0.29) is 22.9 Å². The molecular formula is C19H18N2O5. The van der Waals surface area contributed by atoms with Gasteiger partial charge in [-0.3, -0.25) is 14.9 Å². The van der Waals surface area contributed by atoms with Crippen LogP contribution in [0.2, 0.25) is 0 Å². The number of hydrogen-bond acceptors (Lipinski definition) is 5. The number of hydrogen-bond donors (Lipinski definition) is 1. The molecule has 0 aliphatic heterocycles. The lowest BCUT2D eigenvalue weighted by Crippen LogP contribution is -2.31. The molecule has 134 valence electrons. The zero-order chi connectivity index (χ0) is 18.7. The first-order valence-corrected chi connectivity index (χ1v) is 8.26. The second kappa shape index (κ2) is 7.35. The predicted octanol–water partition coefficient (Wildman–Crippen LogP) is 3.19. The number of fused-ring (bicyclic) bond motifs is 1. The Balaban J connectivity index is 1.90. The van der Waals surface area contributed by atoms with Gasteiger partial charge < -0.3 is 10.1 Å². The van der Waals surface area contributed by atoms with Gasteiger partial charge in [-0.25, -0.2) is 4.79 Å². The number of ether oxygens (including phenoxy) is 1. The van der Waals surface area contributed by atoms with Crippen LogP contribution in [0.5, 0.6) is 0 Å². The van der Waals surface area contributed by atoms with Crippen molar-refractivity contribution >= 4 is 17.6 Å². The summed E-state index contributed by atoms with van der Waals surface area (Å²) in [6.07, 6.45) is 2.71. The maximum absolute atomic E-state index is 12.7. The summed E-state index contributed by atoms with van der Waals surface area (Å²) in [5, 5.41) is 14.0. The molecule has 0 radical (unpaired) electrons. The molecule has 0 fully saturated rings. The van der Waals surface area contributed by atoms with Crippen molar-refractivity contribution in [2.24, 2.45) is 0 Å². The Bertz CT molecular complexity index is 878. The van der Waals surface area contributed by atoms with Gasteiger partial charge in [0.2, 0.25) is 0 Å². The van der Waals surface area contributed by atoms with Gasteiger partial charge in [0.1, 0.15) is 0 Å². The van der Waals surface area contributed by atoms with Crippen LogP contribution < -0.4 is 5.32 Å². The molecule has 2 aromatic rings. The van der Waals surface area contributed by atoms with Gasteiger partial charge in [-0.1, -0.05) is 24.3 Å². The zero-order valence-corrected chi connectivity index (χ0v) is 14.2. The van der Waals surface area contributed by atoms with Crippen molar-refractivity contribution in [2.75, 3.05) is 7.11 Å². The van der Waals surface area contributed by atoms with Crippen LogP contribution in [0.25, 0.3) is 0 Å².